The molecule has 4 N–H and O–H groups in total. The fourth-order valence-electron chi connectivity index (χ4n) is 4.79. The zero-order chi connectivity index (χ0) is 24.4. The lowest BCUT2D eigenvalue weighted by Gasteiger charge is -2.28. The molecule has 2 aromatic rings. The van der Waals surface area contributed by atoms with Gasteiger partial charge in [-0.05, 0) is 62.1 Å². The summed E-state index contributed by atoms with van der Waals surface area (Å²) >= 11 is 0. The number of hydrogen-bond acceptors (Lipinski definition) is 7. The van der Waals surface area contributed by atoms with Gasteiger partial charge in [0.15, 0.2) is 0 Å². The second-order valence-electron chi connectivity index (χ2n) is 8.79. The van der Waals surface area contributed by atoms with Crippen LogP contribution in [0.5, 0.6) is 11.5 Å². The smallest absolute Gasteiger partial charge is 0.412 e. The second-order valence-corrected chi connectivity index (χ2v) is 8.79. The summed E-state index contributed by atoms with van der Waals surface area (Å²) in [5, 5.41) is 0. The standard InChI is InChI=1S/C26H25N5O4/c27-26(33)35-25(32)19-8-6-17(7-9-19)23-22-16-29-14-15-31(22,28)24(30-23)18-10-12-21(13-11-18)34-20-4-2-1-3-5-20/h1-5,10-17,19H,6-9,28H2,(H-,27,33)/p+1. The Morgan fingerprint density at radius 3 is 2.31 bits per heavy atom. The highest BCUT2D eigenvalue weighted by molar-refractivity contribution is 6.00. The molecule has 2 heterocycles. The van der Waals surface area contributed by atoms with Gasteiger partial charge in [-0.3, -0.25) is 9.79 Å². The maximum Gasteiger partial charge on any atom is 0.412 e. The number of hydrogen-bond donors (Lipinski definition) is 2. The van der Waals surface area contributed by atoms with Crippen LogP contribution < -0.4 is 16.3 Å². The Bertz CT molecular complexity index is 1260. The molecule has 3 aliphatic rings. The minimum atomic E-state index is -1.07. The molecular weight excluding hydrogens is 446 g/mol. The summed E-state index contributed by atoms with van der Waals surface area (Å²) in [6, 6.07) is 17.3. The van der Waals surface area contributed by atoms with E-state index in [-0.39, 0.29) is 16.4 Å². The molecule has 0 saturated heterocycles. The third-order valence-corrected chi connectivity index (χ3v) is 6.56. The molecule has 0 radical (unpaired) electrons. The molecule has 0 spiro atoms. The van der Waals surface area contributed by atoms with Crippen molar-refractivity contribution < 1.29 is 23.7 Å². The van der Waals surface area contributed by atoms with Crippen molar-refractivity contribution >= 4 is 24.1 Å². The zero-order valence-electron chi connectivity index (χ0n) is 19.0. The number of fused-ring (bicyclic) bond motifs is 1. The van der Waals surface area contributed by atoms with Gasteiger partial charge in [0, 0.05) is 5.92 Å². The number of ether oxygens (including phenoxy) is 2. The molecule has 2 aromatic carbocycles. The van der Waals surface area contributed by atoms with Crippen LogP contribution in [0.4, 0.5) is 4.79 Å². The number of nitrogens with two attached hydrogens (primary N) is 2. The summed E-state index contributed by atoms with van der Waals surface area (Å²) in [5.41, 5.74) is 7.55. The van der Waals surface area contributed by atoms with Gasteiger partial charge in [0.25, 0.3) is 5.84 Å². The number of benzene rings is 2. The fourth-order valence-corrected chi connectivity index (χ4v) is 4.79. The van der Waals surface area contributed by atoms with Gasteiger partial charge in [0.1, 0.15) is 23.4 Å². The van der Waals surface area contributed by atoms with E-state index in [9.17, 15) is 9.59 Å². The van der Waals surface area contributed by atoms with Gasteiger partial charge in [-0.25, -0.2) is 4.79 Å². The SMILES string of the molecule is NC(=O)OC(=O)C1CCC(C2=C3C=NC=C[N+]3(N)C(c3ccc(Oc4ccccc4)cc3)=N2)CC1. The lowest BCUT2D eigenvalue weighted by atomic mass is 9.80. The third kappa shape index (κ3) is 4.51. The van der Waals surface area contributed by atoms with Crippen molar-refractivity contribution in [3.05, 3.63) is 84.0 Å². The lowest BCUT2D eigenvalue weighted by Crippen LogP contribution is -2.53. The van der Waals surface area contributed by atoms with Gasteiger partial charge in [-0.1, -0.05) is 18.2 Å². The minimum absolute atomic E-state index is 0.0681. The molecule has 9 nitrogen and oxygen atoms in total. The molecule has 1 unspecified atom stereocenters. The molecule has 1 amide bonds. The molecule has 1 atom stereocenters. The van der Waals surface area contributed by atoms with E-state index in [2.05, 4.69) is 9.73 Å². The monoisotopic (exact) mass is 472 g/mol. The van der Waals surface area contributed by atoms with Crippen molar-refractivity contribution in [3.8, 4) is 11.5 Å². The molecule has 2 aliphatic heterocycles. The first-order chi connectivity index (χ1) is 16.9. The van der Waals surface area contributed by atoms with Crippen LogP contribution in [-0.4, -0.2) is 28.7 Å². The van der Waals surface area contributed by atoms with Crippen LogP contribution in [0.25, 0.3) is 0 Å². The average molecular weight is 473 g/mol. The molecule has 1 aliphatic carbocycles. The van der Waals surface area contributed by atoms with E-state index in [4.69, 9.17) is 21.3 Å². The summed E-state index contributed by atoms with van der Waals surface area (Å²) in [5.74, 6) is 8.22. The quantitative estimate of drug-likeness (QED) is 0.293. The van der Waals surface area contributed by atoms with E-state index >= 15 is 0 Å². The van der Waals surface area contributed by atoms with Crippen molar-refractivity contribution in [2.45, 2.75) is 25.7 Å². The molecule has 1 saturated carbocycles. The molecular formula is C26H26N5O4+. The number of para-hydroxylation sites is 1. The number of esters is 1. The van der Waals surface area contributed by atoms with Crippen molar-refractivity contribution in [2.24, 2.45) is 33.4 Å². The van der Waals surface area contributed by atoms with Gasteiger partial charge in [0.05, 0.1) is 23.9 Å². The topological polar surface area (TPSA) is 129 Å². The summed E-state index contributed by atoms with van der Waals surface area (Å²) in [7, 11) is 0. The number of nitrogens with zero attached hydrogens (tertiary/aromatic N) is 3. The predicted molar refractivity (Wildman–Crippen MR) is 130 cm³/mol. The normalized spacial score (nSPS) is 25.1. The van der Waals surface area contributed by atoms with Gasteiger partial charge in [-0.15, -0.1) is 4.59 Å². The van der Waals surface area contributed by atoms with Crippen LogP contribution in [0.2, 0.25) is 0 Å². The Labute approximate surface area is 202 Å². The summed E-state index contributed by atoms with van der Waals surface area (Å²) in [6.07, 6.45) is 6.78. The van der Waals surface area contributed by atoms with E-state index in [0.29, 0.717) is 24.4 Å². The first-order valence-electron chi connectivity index (χ1n) is 11.5. The lowest BCUT2D eigenvalue weighted by molar-refractivity contribution is -0.750. The van der Waals surface area contributed by atoms with E-state index in [1.807, 2.05) is 60.8 Å². The van der Waals surface area contributed by atoms with Gasteiger partial charge in [0.2, 0.25) is 5.70 Å². The molecule has 0 aromatic heterocycles. The zero-order valence-corrected chi connectivity index (χ0v) is 19.0. The molecule has 1 fully saturated rings. The van der Waals surface area contributed by atoms with Crippen molar-refractivity contribution in [1.82, 2.24) is 0 Å². The molecule has 0 bridgehead atoms. The van der Waals surface area contributed by atoms with Crippen LogP contribution >= 0.6 is 0 Å². The highest BCUT2D eigenvalue weighted by atomic mass is 16.6. The molecule has 5 rings (SSSR count). The number of quaternary nitrogens is 1. The highest BCUT2D eigenvalue weighted by Crippen LogP contribution is 2.41. The van der Waals surface area contributed by atoms with Crippen molar-refractivity contribution in [2.75, 3.05) is 0 Å². The number of rotatable bonds is 5. The van der Waals surface area contributed by atoms with Crippen molar-refractivity contribution in [3.63, 3.8) is 0 Å². The van der Waals surface area contributed by atoms with Crippen LogP contribution in [0.1, 0.15) is 31.2 Å². The van der Waals surface area contributed by atoms with Crippen LogP contribution in [0.3, 0.4) is 0 Å². The van der Waals surface area contributed by atoms with E-state index in [1.165, 1.54) is 0 Å². The Kier molecular flexibility index (Phi) is 6.02. The molecule has 9 heteroatoms. The third-order valence-electron chi connectivity index (χ3n) is 6.56. The Balaban J connectivity index is 1.36. The predicted octanol–water partition coefficient (Wildman–Crippen LogP) is 4.13. The average Bonchev–Trinajstić information content (AvgIpc) is 3.18. The minimum Gasteiger partial charge on any atom is -0.457 e. The second kappa shape index (κ2) is 9.28. The van der Waals surface area contributed by atoms with Crippen molar-refractivity contribution in [1.29, 1.82) is 0 Å². The maximum absolute atomic E-state index is 12.1. The Morgan fingerprint density at radius 1 is 0.943 bits per heavy atom. The number of carbonyl (C=O) groups excluding carboxylic acids is 2. The Morgan fingerprint density at radius 2 is 1.63 bits per heavy atom. The Hall–Kier alpha value is -4.08. The number of aliphatic imine (C=N–C) groups is 2. The number of primary amides is 1. The first-order valence-corrected chi connectivity index (χ1v) is 11.5. The summed E-state index contributed by atoms with van der Waals surface area (Å²) in [4.78, 5) is 32.3. The molecule has 178 valence electrons. The van der Waals surface area contributed by atoms with Gasteiger partial charge >= 0.3 is 12.1 Å². The molecule has 35 heavy (non-hydrogen) atoms. The van der Waals surface area contributed by atoms with Crippen LogP contribution in [-0.2, 0) is 9.53 Å². The van der Waals surface area contributed by atoms with Gasteiger partial charge < -0.3 is 15.2 Å². The maximum atomic E-state index is 12.1. The van der Waals surface area contributed by atoms with Crippen LogP contribution in [0, 0.1) is 11.8 Å². The fraction of sp³-hybridized carbons (Fsp3) is 0.231. The number of carbonyl (C=O) groups is 2. The van der Waals surface area contributed by atoms with E-state index in [1.54, 1.807) is 12.4 Å². The highest BCUT2D eigenvalue weighted by Gasteiger charge is 2.46. The number of amidine groups is 1. The van der Waals surface area contributed by atoms with E-state index in [0.717, 1.165) is 35.5 Å². The number of allylic oxidation sites excluding steroid dienone is 2. The summed E-state index contributed by atoms with van der Waals surface area (Å²) in [6.45, 7) is 0. The van der Waals surface area contributed by atoms with Gasteiger partial charge in [-0.2, -0.15) is 10.8 Å². The van der Waals surface area contributed by atoms with E-state index < -0.39 is 12.1 Å². The number of amides is 1. The largest absolute Gasteiger partial charge is 0.457 e. The van der Waals surface area contributed by atoms with Crippen LogP contribution in [0.15, 0.2) is 88.4 Å². The summed E-state index contributed by atoms with van der Waals surface area (Å²) < 4.78 is 10.4. The first kappa shape index (κ1) is 22.7.